The molecular weight excluding hydrogens is 276 g/mol. The lowest BCUT2D eigenvalue weighted by atomic mass is 9.81. The van der Waals surface area contributed by atoms with Gasteiger partial charge in [-0.05, 0) is 37.8 Å². The SMILES string of the molecule is O=C(Nc1ccccc1)C1CC=CCC1C(=O)N1CCCC1. The van der Waals surface area contributed by atoms with Crippen molar-refractivity contribution >= 4 is 17.5 Å². The number of hydrogen-bond acceptors (Lipinski definition) is 2. The van der Waals surface area contributed by atoms with E-state index in [2.05, 4.69) is 5.32 Å². The molecule has 2 atom stereocenters. The first kappa shape index (κ1) is 14.8. The molecule has 1 fully saturated rings. The van der Waals surface area contributed by atoms with Crippen LogP contribution in [0.2, 0.25) is 0 Å². The molecule has 0 bridgehead atoms. The molecule has 22 heavy (non-hydrogen) atoms. The predicted octanol–water partition coefficient (Wildman–Crippen LogP) is 2.83. The number of para-hydroxylation sites is 1. The van der Waals surface area contributed by atoms with Gasteiger partial charge in [-0.25, -0.2) is 0 Å². The fourth-order valence-corrected chi connectivity index (χ4v) is 3.31. The average Bonchev–Trinajstić information content (AvgIpc) is 3.09. The van der Waals surface area contributed by atoms with Crippen molar-refractivity contribution in [2.45, 2.75) is 25.7 Å². The quantitative estimate of drug-likeness (QED) is 0.872. The summed E-state index contributed by atoms with van der Waals surface area (Å²) in [5.74, 6) is -0.381. The monoisotopic (exact) mass is 298 g/mol. The zero-order valence-electron chi connectivity index (χ0n) is 12.7. The van der Waals surface area contributed by atoms with Gasteiger partial charge in [-0.1, -0.05) is 30.4 Å². The molecule has 1 saturated heterocycles. The van der Waals surface area contributed by atoms with Gasteiger partial charge in [0.05, 0.1) is 11.8 Å². The molecule has 1 heterocycles. The molecule has 1 aromatic carbocycles. The number of allylic oxidation sites excluding steroid dienone is 2. The molecule has 1 aliphatic heterocycles. The van der Waals surface area contributed by atoms with Crippen molar-refractivity contribution in [1.82, 2.24) is 4.90 Å². The number of hydrogen-bond donors (Lipinski definition) is 1. The molecule has 0 aromatic heterocycles. The summed E-state index contributed by atoms with van der Waals surface area (Å²) < 4.78 is 0. The molecule has 1 N–H and O–H groups in total. The summed E-state index contributed by atoms with van der Waals surface area (Å²) in [4.78, 5) is 27.2. The number of amides is 2. The second-order valence-corrected chi connectivity index (χ2v) is 6.04. The minimum atomic E-state index is -0.265. The first-order valence-electron chi connectivity index (χ1n) is 8.05. The molecule has 1 aliphatic carbocycles. The predicted molar refractivity (Wildman–Crippen MR) is 86.2 cm³/mol. The van der Waals surface area contributed by atoms with Crippen molar-refractivity contribution in [3.63, 3.8) is 0 Å². The molecule has 0 radical (unpaired) electrons. The second kappa shape index (κ2) is 6.77. The zero-order chi connectivity index (χ0) is 15.4. The van der Waals surface area contributed by atoms with Gasteiger partial charge in [-0.2, -0.15) is 0 Å². The summed E-state index contributed by atoms with van der Waals surface area (Å²) in [6.45, 7) is 1.68. The molecule has 1 aromatic rings. The van der Waals surface area contributed by atoms with Crippen LogP contribution < -0.4 is 5.32 Å². The lowest BCUT2D eigenvalue weighted by Gasteiger charge is -2.30. The summed E-state index contributed by atoms with van der Waals surface area (Å²) in [6.07, 6.45) is 7.52. The highest BCUT2D eigenvalue weighted by Gasteiger charge is 2.36. The largest absolute Gasteiger partial charge is 0.342 e. The molecule has 0 saturated carbocycles. The Labute approximate surface area is 131 Å². The van der Waals surface area contributed by atoms with Gasteiger partial charge in [0, 0.05) is 18.8 Å². The maximum atomic E-state index is 12.7. The fraction of sp³-hybridized carbons (Fsp3) is 0.444. The highest BCUT2D eigenvalue weighted by molar-refractivity contribution is 5.96. The normalized spacial score (nSPS) is 24.3. The van der Waals surface area contributed by atoms with Gasteiger partial charge in [-0.3, -0.25) is 9.59 Å². The highest BCUT2D eigenvalue weighted by Crippen LogP contribution is 2.29. The Hall–Kier alpha value is -2.10. The number of nitrogens with zero attached hydrogens (tertiary/aromatic N) is 1. The smallest absolute Gasteiger partial charge is 0.228 e. The zero-order valence-corrected chi connectivity index (χ0v) is 12.7. The van der Waals surface area contributed by atoms with Gasteiger partial charge in [0.25, 0.3) is 0 Å². The van der Waals surface area contributed by atoms with Crippen LogP contribution in [0.5, 0.6) is 0 Å². The van der Waals surface area contributed by atoms with E-state index in [-0.39, 0.29) is 23.7 Å². The summed E-state index contributed by atoms with van der Waals surface area (Å²) in [7, 11) is 0. The number of carbonyl (C=O) groups is 2. The standard InChI is InChI=1S/C18H22N2O2/c21-17(19-14-8-2-1-3-9-14)15-10-4-5-11-16(15)18(22)20-12-6-7-13-20/h1-5,8-9,15-16H,6-7,10-13H2,(H,19,21). The Kier molecular flexibility index (Phi) is 4.56. The van der Waals surface area contributed by atoms with Crippen LogP contribution in [-0.4, -0.2) is 29.8 Å². The van der Waals surface area contributed by atoms with Crippen molar-refractivity contribution in [1.29, 1.82) is 0 Å². The van der Waals surface area contributed by atoms with Gasteiger partial charge >= 0.3 is 0 Å². The van der Waals surface area contributed by atoms with Crippen LogP contribution >= 0.6 is 0 Å². The minimum absolute atomic E-state index is 0.0481. The van der Waals surface area contributed by atoms with Gasteiger partial charge in [0.15, 0.2) is 0 Å². The molecule has 2 unspecified atom stereocenters. The summed E-state index contributed by atoms with van der Waals surface area (Å²) in [5, 5.41) is 2.94. The molecule has 116 valence electrons. The molecule has 4 heteroatoms. The van der Waals surface area contributed by atoms with Crippen molar-refractivity contribution in [2.24, 2.45) is 11.8 Å². The van der Waals surface area contributed by atoms with E-state index in [1.165, 1.54) is 0 Å². The van der Waals surface area contributed by atoms with Crippen molar-refractivity contribution < 1.29 is 9.59 Å². The van der Waals surface area contributed by atoms with E-state index in [1.54, 1.807) is 0 Å². The summed E-state index contributed by atoms with van der Waals surface area (Å²) in [6, 6.07) is 9.44. The molecule has 0 spiro atoms. The van der Waals surface area contributed by atoms with Crippen molar-refractivity contribution in [3.8, 4) is 0 Å². The van der Waals surface area contributed by atoms with Gasteiger partial charge in [0.1, 0.15) is 0 Å². The number of nitrogens with one attached hydrogen (secondary N) is 1. The van der Waals surface area contributed by atoms with E-state index in [0.717, 1.165) is 31.6 Å². The molecular formula is C18H22N2O2. The van der Waals surface area contributed by atoms with Gasteiger partial charge in [0.2, 0.25) is 11.8 Å². The number of benzene rings is 1. The Morgan fingerprint density at radius 3 is 2.27 bits per heavy atom. The molecule has 4 nitrogen and oxygen atoms in total. The topological polar surface area (TPSA) is 49.4 Å². The Bertz CT molecular complexity index is 562. The van der Waals surface area contributed by atoms with Crippen LogP contribution in [0.4, 0.5) is 5.69 Å². The van der Waals surface area contributed by atoms with E-state index < -0.39 is 0 Å². The lowest BCUT2D eigenvalue weighted by Crippen LogP contribution is -2.42. The number of anilines is 1. The van der Waals surface area contributed by atoms with Crippen LogP contribution in [0.1, 0.15) is 25.7 Å². The third kappa shape index (κ3) is 3.21. The summed E-state index contributed by atoms with van der Waals surface area (Å²) >= 11 is 0. The average molecular weight is 298 g/mol. The number of rotatable bonds is 3. The minimum Gasteiger partial charge on any atom is -0.342 e. The van der Waals surface area contributed by atoms with Crippen LogP contribution in [0, 0.1) is 11.8 Å². The van der Waals surface area contributed by atoms with E-state index in [9.17, 15) is 9.59 Å². The van der Waals surface area contributed by atoms with E-state index in [1.807, 2.05) is 47.4 Å². The maximum absolute atomic E-state index is 12.7. The highest BCUT2D eigenvalue weighted by atomic mass is 16.2. The van der Waals surface area contributed by atoms with Crippen LogP contribution in [0.3, 0.4) is 0 Å². The van der Waals surface area contributed by atoms with Crippen LogP contribution in [0.25, 0.3) is 0 Å². The Morgan fingerprint density at radius 2 is 1.59 bits per heavy atom. The van der Waals surface area contributed by atoms with Crippen LogP contribution in [0.15, 0.2) is 42.5 Å². The van der Waals surface area contributed by atoms with Crippen LogP contribution in [-0.2, 0) is 9.59 Å². The first-order chi connectivity index (χ1) is 10.8. The first-order valence-corrected chi connectivity index (χ1v) is 8.05. The third-order valence-corrected chi connectivity index (χ3v) is 4.55. The van der Waals surface area contributed by atoms with Crippen molar-refractivity contribution in [3.05, 3.63) is 42.5 Å². The Balaban J connectivity index is 1.70. The third-order valence-electron chi connectivity index (χ3n) is 4.55. The van der Waals surface area contributed by atoms with Crippen molar-refractivity contribution in [2.75, 3.05) is 18.4 Å². The number of likely N-dealkylation sites (tertiary alicyclic amines) is 1. The molecule has 2 aliphatic rings. The molecule has 3 rings (SSSR count). The van der Waals surface area contributed by atoms with Gasteiger partial charge in [-0.15, -0.1) is 0 Å². The maximum Gasteiger partial charge on any atom is 0.228 e. The fourth-order valence-electron chi connectivity index (χ4n) is 3.31. The molecule has 2 amide bonds. The van der Waals surface area contributed by atoms with Gasteiger partial charge < -0.3 is 10.2 Å². The van der Waals surface area contributed by atoms with E-state index >= 15 is 0 Å². The van der Waals surface area contributed by atoms with E-state index in [0.29, 0.717) is 12.8 Å². The Morgan fingerprint density at radius 1 is 0.955 bits per heavy atom. The lowest BCUT2D eigenvalue weighted by molar-refractivity contribution is -0.139. The number of carbonyl (C=O) groups excluding carboxylic acids is 2. The summed E-state index contributed by atoms with van der Waals surface area (Å²) in [5.41, 5.74) is 0.787. The van der Waals surface area contributed by atoms with E-state index in [4.69, 9.17) is 0 Å². The second-order valence-electron chi connectivity index (χ2n) is 6.04.